The molecule has 4 rings (SSSR count). The molecule has 0 radical (unpaired) electrons. The summed E-state index contributed by atoms with van der Waals surface area (Å²) in [4.78, 5) is 0. The largest absolute Gasteiger partial charge is 0.367 e. The quantitative estimate of drug-likeness (QED) is 0.292. The zero-order chi connectivity index (χ0) is 21.2. The molecule has 11 heteroatoms. The van der Waals surface area contributed by atoms with Crippen LogP contribution in [0.4, 0.5) is 25.2 Å². The van der Waals surface area contributed by atoms with Crippen LogP contribution in [-0.4, -0.2) is 16.4 Å². The number of ether oxygens (including phenoxy) is 1. The van der Waals surface area contributed by atoms with E-state index in [-0.39, 0.29) is 0 Å². The molecule has 0 amide bonds. The van der Waals surface area contributed by atoms with Gasteiger partial charge < -0.3 is 4.74 Å². The van der Waals surface area contributed by atoms with E-state index in [2.05, 4.69) is 52.4 Å². The van der Waals surface area contributed by atoms with E-state index in [1.807, 2.05) is 28.9 Å². The van der Waals surface area contributed by atoms with Gasteiger partial charge in [-0.2, -0.15) is 0 Å². The molecule has 0 N–H and O–H groups in total. The van der Waals surface area contributed by atoms with Crippen molar-refractivity contribution >= 4 is 7.81 Å². The number of hydrogen-bond acceptors (Lipinski definition) is 2. The standard InChI is InChI=1S/C18H18N3O.F6P/c1-3-7-15(8-4-1)11-17-12-22-13-18-19-21(14-20(17)18)16-9-5-2-6-10-16;1-7(2,3,4,5)6/h1-10,14,17H,11-13H2;/q+1;-1/t17-;/m0./s1. The molecule has 0 saturated heterocycles. The molecule has 2 aromatic carbocycles. The molecular weight excluding hydrogens is 419 g/mol. The summed E-state index contributed by atoms with van der Waals surface area (Å²) in [6.07, 6.45) is 3.04. The molecule has 1 atom stereocenters. The normalized spacial score (nSPS) is 18.6. The number of para-hydroxylation sites is 1. The van der Waals surface area contributed by atoms with Crippen LogP contribution >= 0.6 is 7.81 Å². The van der Waals surface area contributed by atoms with Gasteiger partial charge in [-0.25, -0.2) is 4.57 Å². The van der Waals surface area contributed by atoms with Crippen LogP contribution in [0.1, 0.15) is 17.4 Å². The molecule has 158 valence electrons. The fourth-order valence-electron chi connectivity index (χ4n) is 2.91. The van der Waals surface area contributed by atoms with E-state index in [1.165, 1.54) is 5.56 Å². The molecule has 1 aliphatic heterocycles. The van der Waals surface area contributed by atoms with Crippen molar-refractivity contribution in [1.29, 1.82) is 0 Å². The molecule has 0 unspecified atom stereocenters. The number of halogens is 6. The number of aromatic nitrogens is 3. The maximum atomic E-state index is 9.87. The molecule has 0 spiro atoms. The Morgan fingerprint density at radius 2 is 1.48 bits per heavy atom. The van der Waals surface area contributed by atoms with E-state index >= 15 is 0 Å². The molecule has 2 heterocycles. The van der Waals surface area contributed by atoms with Crippen molar-refractivity contribution in [2.24, 2.45) is 0 Å². The van der Waals surface area contributed by atoms with E-state index in [0.29, 0.717) is 12.6 Å². The van der Waals surface area contributed by atoms with Gasteiger partial charge in [-0.05, 0) is 17.7 Å². The maximum absolute atomic E-state index is 10.7. The Labute approximate surface area is 162 Å². The molecule has 29 heavy (non-hydrogen) atoms. The maximum Gasteiger partial charge on any atom is 0.304 e. The van der Waals surface area contributed by atoms with Crippen LogP contribution in [0.15, 0.2) is 67.0 Å². The van der Waals surface area contributed by atoms with Crippen LogP contribution < -0.4 is 4.57 Å². The molecular formula is C18H18F6N3OP. The van der Waals surface area contributed by atoms with Crippen LogP contribution in [-0.2, 0) is 17.8 Å². The van der Waals surface area contributed by atoms with E-state index in [4.69, 9.17) is 4.74 Å². The zero-order valence-electron chi connectivity index (χ0n) is 15.0. The van der Waals surface area contributed by atoms with Crippen LogP contribution in [0.5, 0.6) is 0 Å². The fourth-order valence-corrected chi connectivity index (χ4v) is 2.91. The first-order valence-corrected chi connectivity index (χ1v) is 10.6. The Morgan fingerprint density at radius 1 is 0.931 bits per heavy atom. The second-order valence-electron chi connectivity index (χ2n) is 6.54. The predicted octanol–water partition coefficient (Wildman–Crippen LogP) is 5.86. The van der Waals surface area contributed by atoms with Crippen molar-refractivity contribution in [3.8, 4) is 5.69 Å². The average Bonchev–Trinajstić information content (AvgIpc) is 3.06. The monoisotopic (exact) mass is 437 g/mol. The molecule has 0 bridgehead atoms. The Morgan fingerprint density at radius 3 is 2.07 bits per heavy atom. The zero-order valence-corrected chi connectivity index (χ0v) is 15.9. The average molecular weight is 437 g/mol. The number of rotatable bonds is 3. The van der Waals surface area contributed by atoms with Crippen molar-refractivity contribution in [3.63, 3.8) is 0 Å². The number of hydrogen-bond donors (Lipinski definition) is 0. The van der Waals surface area contributed by atoms with E-state index in [9.17, 15) is 25.2 Å². The summed E-state index contributed by atoms with van der Waals surface area (Å²) in [5.74, 6) is 0.982. The van der Waals surface area contributed by atoms with E-state index in [0.717, 1.165) is 24.5 Å². The minimum Gasteiger partial charge on any atom is -0.367 e. The topological polar surface area (TPSA) is 30.9 Å². The Bertz CT molecular complexity index is 951. The van der Waals surface area contributed by atoms with E-state index < -0.39 is 7.81 Å². The summed E-state index contributed by atoms with van der Waals surface area (Å²) in [5, 5.41) is 4.67. The van der Waals surface area contributed by atoms with Gasteiger partial charge in [0.25, 0.3) is 0 Å². The van der Waals surface area contributed by atoms with Crippen LogP contribution in [0.2, 0.25) is 0 Å². The van der Waals surface area contributed by atoms with Gasteiger partial charge >= 0.3 is 38.8 Å². The Balaban J connectivity index is 0.000000298. The third-order valence-corrected chi connectivity index (χ3v) is 4.02. The van der Waals surface area contributed by atoms with Crippen molar-refractivity contribution in [2.45, 2.75) is 19.1 Å². The minimum absolute atomic E-state index is 0.295. The van der Waals surface area contributed by atoms with E-state index in [1.54, 1.807) is 0 Å². The number of benzene rings is 2. The van der Waals surface area contributed by atoms with Crippen LogP contribution in [0.3, 0.4) is 0 Å². The SMILES string of the molecule is F[P-](F)(F)(F)(F)F.c1ccc(C[C@H]2COCc3nn(-c4ccccc4)c[n+]32)cc1. The molecule has 0 aliphatic carbocycles. The first-order chi connectivity index (χ1) is 13.3. The summed E-state index contributed by atoms with van der Waals surface area (Å²) in [6.45, 7) is 1.30. The second-order valence-corrected chi connectivity index (χ2v) is 8.45. The minimum atomic E-state index is -10.7. The molecule has 1 aliphatic rings. The Kier molecular flexibility index (Phi) is 5.21. The summed E-state index contributed by atoms with van der Waals surface area (Å²) in [7, 11) is -10.7. The van der Waals surface area contributed by atoms with Gasteiger partial charge in [0.1, 0.15) is 18.3 Å². The van der Waals surface area contributed by atoms with Gasteiger partial charge in [-0.3, -0.25) is 0 Å². The Hall–Kier alpha value is -2.45. The summed E-state index contributed by atoms with van der Waals surface area (Å²) >= 11 is 0. The van der Waals surface area contributed by atoms with Crippen LogP contribution in [0, 0.1) is 0 Å². The van der Waals surface area contributed by atoms with Crippen molar-refractivity contribution in [1.82, 2.24) is 9.78 Å². The number of fused-ring (bicyclic) bond motifs is 1. The third-order valence-electron chi connectivity index (χ3n) is 4.02. The van der Waals surface area contributed by atoms with Gasteiger partial charge in [-0.1, -0.05) is 53.2 Å². The number of nitrogens with zero attached hydrogens (tertiary/aromatic N) is 3. The first-order valence-electron chi connectivity index (χ1n) is 8.58. The summed E-state index contributed by atoms with van der Waals surface area (Å²) in [5.41, 5.74) is 2.40. The third kappa shape index (κ3) is 7.47. The molecule has 0 fully saturated rings. The molecule has 0 saturated carbocycles. The molecule has 1 aromatic heterocycles. The van der Waals surface area contributed by atoms with Crippen LogP contribution in [0.25, 0.3) is 5.69 Å². The second kappa shape index (κ2) is 7.11. The van der Waals surface area contributed by atoms with Crippen molar-refractivity contribution < 1.29 is 34.5 Å². The van der Waals surface area contributed by atoms with Gasteiger partial charge in [0, 0.05) is 11.5 Å². The molecule has 3 aromatic rings. The van der Waals surface area contributed by atoms with Crippen molar-refractivity contribution in [3.05, 3.63) is 78.4 Å². The smallest absolute Gasteiger partial charge is 0.304 e. The molecule has 4 nitrogen and oxygen atoms in total. The predicted molar refractivity (Wildman–Crippen MR) is 96.2 cm³/mol. The fraction of sp³-hybridized carbons (Fsp3) is 0.222. The van der Waals surface area contributed by atoms with Gasteiger partial charge in [0.05, 0.1) is 6.61 Å². The van der Waals surface area contributed by atoms with Crippen molar-refractivity contribution in [2.75, 3.05) is 6.61 Å². The summed E-state index contributed by atoms with van der Waals surface area (Å²) < 4.78 is 69.1. The van der Waals surface area contributed by atoms with Gasteiger partial charge in [0.2, 0.25) is 6.33 Å². The van der Waals surface area contributed by atoms with Gasteiger partial charge in [-0.15, -0.1) is 0 Å². The van der Waals surface area contributed by atoms with Gasteiger partial charge in [0.15, 0.2) is 0 Å². The summed E-state index contributed by atoms with van der Waals surface area (Å²) in [6, 6.07) is 21.0. The first kappa shape index (κ1) is 21.3.